The van der Waals surface area contributed by atoms with Crippen LogP contribution in [0.15, 0.2) is 18.3 Å². The Hall–Kier alpha value is -1.13. The Morgan fingerprint density at radius 2 is 1.91 bits per heavy atom. The summed E-state index contributed by atoms with van der Waals surface area (Å²) in [5.74, 6) is 0. The minimum Gasteiger partial charge on any atom is -0.396 e. The van der Waals surface area contributed by atoms with Crippen LogP contribution in [0.3, 0.4) is 0 Å². The summed E-state index contributed by atoms with van der Waals surface area (Å²) < 4.78 is 0. The van der Waals surface area contributed by atoms with E-state index in [4.69, 9.17) is 5.11 Å². The third kappa shape index (κ3) is 5.58. The van der Waals surface area contributed by atoms with E-state index in [-0.39, 0.29) is 6.61 Å². The van der Waals surface area contributed by atoms with Crippen molar-refractivity contribution in [2.75, 3.05) is 38.2 Å². The molecule has 1 heterocycles. The van der Waals surface area contributed by atoms with Gasteiger partial charge in [-0.1, -0.05) is 6.92 Å². The summed E-state index contributed by atoms with van der Waals surface area (Å²) in [6.45, 7) is 5.65. The summed E-state index contributed by atoms with van der Waals surface area (Å²) in [7, 11) is 2.24. The molecular weight excluding hydrogens is 274 g/mol. The molecule has 0 atom stereocenters. The van der Waals surface area contributed by atoms with Gasteiger partial charge in [0.1, 0.15) is 0 Å². The van der Waals surface area contributed by atoms with E-state index in [0.29, 0.717) is 0 Å². The third-order valence-electron chi connectivity index (χ3n) is 4.48. The van der Waals surface area contributed by atoms with Crippen LogP contribution in [0.25, 0.3) is 0 Å². The van der Waals surface area contributed by atoms with E-state index < -0.39 is 0 Å². The minimum atomic E-state index is 0.283. The Kier molecular flexibility index (Phi) is 7.13. The average Bonchev–Trinajstić information content (AvgIpc) is 3.38. The summed E-state index contributed by atoms with van der Waals surface area (Å²) in [5, 5.41) is 9.00. The number of nitrogens with zero attached hydrogens (tertiary/aromatic N) is 3. The van der Waals surface area contributed by atoms with Gasteiger partial charge in [0.25, 0.3) is 0 Å². The number of aliphatic hydroxyl groups excluding tert-OH is 1. The number of hydrogen-bond donors (Lipinski definition) is 1. The van der Waals surface area contributed by atoms with E-state index in [0.717, 1.165) is 44.1 Å². The van der Waals surface area contributed by atoms with Gasteiger partial charge in [0.05, 0.1) is 11.9 Å². The second kappa shape index (κ2) is 9.11. The van der Waals surface area contributed by atoms with Crippen molar-refractivity contribution in [1.29, 1.82) is 0 Å². The zero-order chi connectivity index (χ0) is 15.8. The van der Waals surface area contributed by atoms with Crippen molar-refractivity contribution in [2.45, 2.75) is 51.5 Å². The average molecular weight is 305 g/mol. The predicted octanol–water partition coefficient (Wildman–Crippen LogP) is 2.71. The second-order valence-corrected chi connectivity index (χ2v) is 6.34. The van der Waals surface area contributed by atoms with Crippen LogP contribution in [0.2, 0.25) is 0 Å². The molecule has 0 radical (unpaired) electrons. The molecular formula is C18H31N3O. The first kappa shape index (κ1) is 17.2. The van der Waals surface area contributed by atoms with E-state index in [1.165, 1.54) is 31.5 Å². The topological polar surface area (TPSA) is 39.6 Å². The summed E-state index contributed by atoms with van der Waals surface area (Å²) in [6.07, 6.45) is 8.82. The maximum absolute atomic E-state index is 9.00. The van der Waals surface area contributed by atoms with Crippen molar-refractivity contribution >= 4 is 5.69 Å². The number of aromatic nitrogens is 1. The molecule has 0 amide bonds. The standard InChI is InChI=1S/C18H31N3O/c1-3-16-7-8-18(15-19-16)21(12-4-5-14-22)13-6-11-20(2)17-9-10-17/h7-8,15,17,22H,3-6,9-14H2,1-2H3. The van der Waals surface area contributed by atoms with Gasteiger partial charge < -0.3 is 14.9 Å². The van der Waals surface area contributed by atoms with E-state index in [9.17, 15) is 0 Å². The first-order valence-corrected chi connectivity index (χ1v) is 8.75. The van der Waals surface area contributed by atoms with E-state index in [1.54, 1.807) is 0 Å². The lowest BCUT2D eigenvalue weighted by molar-refractivity contribution is 0.284. The highest BCUT2D eigenvalue weighted by molar-refractivity contribution is 5.44. The molecule has 1 N–H and O–H groups in total. The quantitative estimate of drug-likeness (QED) is 0.638. The van der Waals surface area contributed by atoms with Crippen molar-refractivity contribution in [2.24, 2.45) is 0 Å². The van der Waals surface area contributed by atoms with Gasteiger partial charge in [-0.2, -0.15) is 0 Å². The molecule has 1 aromatic rings. The molecule has 0 unspecified atom stereocenters. The molecule has 4 nitrogen and oxygen atoms in total. The maximum Gasteiger partial charge on any atom is 0.0552 e. The molecule has 1 saturated carbocycles. The Morgan fingerprint density at radius 3 is 2.50 bits per heavy atom. The maximum atomic E-state index is 9.00. The predicted molar refractivity (Wildman–Crippen MR) is 92.4 cm³/mol. The first-order chi connectivity index (χ1) is 10.7. The molecule has 0 saturated heterocycles. The molecule has 22 heavy (non-hydrogen) atoms. The molecule has 0 aromatic carbocycles. The van der Waals surface area contributed by atoms with Crippen molar-refractivity contribution in [3.05, 3.63) is 24.0 Å². The Morgan fingerprint density at radius 1 is 1.14 bits per heavy atom. The van der Waals surface area contributed by atoms with Crippen LogP contribution in [0.1, 0.15) is 44.7 Å². The van der Waals surface area contributed by atoms with E-state index in [1.807, 2.05) is 6.20 Å². The smallest absolute Gasteiger partial charge is 0.0552 e. The fourth-order valence-electron chi connectivity index (χ4n) is 2.81. The molecule has 0 spiro atoms. The van der Waals surface area contributed by atoms with E-state index >= 15 is 0 Å². The van der Waals surface area contributed by atoms with Gasteiger partial charge >= 0.3 is 0 Å². The largest absolute Gasteiger partial charge is 0.396 e. The fourth-order valence-corrected chi connectivity index (χ4v) is 2.81. The number of unbranched alkanes of at least 4 members (excludes halogenated alkanes) is 1. The molecule has 1 aromatic heterocycles. The second-order valence-electron chi connectivity index (χ2n) is 6.34. The number of hydrogen-bond acceptors (Lipinski definition) is 4. The lowest BCUT2D eigenvalue weighted by atomic mass is 10.2. The Balaban J connectivity index is 1.85. The normalized spacial score (nSPS) is 14.5. The van der Waals surface area contributed by atoms with Gasteiger partial charge in [-0.25, -0.2) is 0 Å². The number of aryl methyl sites for hydroxylation is 1. The van der Waals surface area contributed by atoms with Crippen LogP contribution < -0.4 is 4.90 Å². The SMILES string of the molecule is CCc1ccc(N(CCCCO)CCCN(C)C2CC2)cn1. The molecule has 1 aliphatic carbocycles. The zero-order valence-electron chi connectivity index (χ0n) is 14.2. The highest BCUT2D eigenvalue weighted by atomic mass is 16.2. The van der Waals surface area contributed by atoms with Crippen LogP contribution in [0, 0.1) is 0 Å². The van der Waals surface area contributed by atoms with Gasteiger partial charge in [0.2, 0.25) is 0 Å². The molecule has 1 fully saturated rings. The van der Waals surface area contributed by atoms with Gasteiger partial charge in [-0.15, -0.1) is 0 Å². The monoisotopic (exact) mass is 305 g/mol. The van der Waals surface area contributed by atoms with Crippen LogP contribution in [-0.4, -0.2) is 54.3 Å². The van der Waals surface area contributed by atoms with Gasteiger partial charge in [0.15, 0.2) is 0 Å². The van der Waals surface area contributed by atoms with Crippen molar-refractivity contribution < 1.29 is 5.11 Å². The summed E-state index contributed by atoms with van der Waals surface area (Å²) in [5.41, 5.74) is 2.36. The molecule has 2 rings (SSSR count). The molecule has 1 aliphatic rings. The number of anilines is 1. The summed E-state index contributed by atoms with van der Waals surface area (Å²) in [6, 6.07) is 5.16. The zero-order valence-corrected chi connectivity index (χ0v) is 14.2. The number of pyridine rings is 1. The van der Waals surface area contributed by atoms with E-state index in [2.05, 4.69) is 40.9 Å². The van der Waals surface area contributed by atoms with Gasteiger partial charge in [-0.05, 0) is 64.3 Å². The molecule has 4 heteroatoms. The van der Waals surface area contributed by atoms with Crippen LogP contribution in [-0.2, 0) is 6.42 Å². The Labute approximate surface area is 135 Å². The fraction of sp³-hybridized carbons (Fsp3) is 0.722. The van der Waals surface area contributed by atoms with Crippen molar-refractivity contribution in [3.63, 3.8) is 0 Å². The van der Waals surface area contributed by atoms with Crippen molar-refractivity contribution in [1.82, 2.24) is 9.88 Å². The molecule has 124 valence electrons. The first-order valence-electron chi connectivity index (χ1n) is 8.75. The number of aliphatic hydroxyl groups is 1. The van der Waals surface area contributed by atoms with Crippen LogP contribution in [0.5, 0.6) is 0 Å². The third-order valence-corrected chi connectivity index (χ3v) is 4.48. The summed E-state index contributed by atoms with van der Waals surface area (Å²) in [4.78, 5) is 9.44. The molecule has 0 aliphatic heterocycles. The Bertz CT molecular complexity index is 417. The highest BCUT2D eigenvalue weighted by Crippen LogP contribution is 2.25. The van der Waals surface area contributed by atoms with Gasteiger partial charge in [0, 0.05) is 31.4 Å². The summed E-state index contributed by atoms with van der Waals surface area (Å²) >= 11 is 0. The van der Waals surface area contributed by atoms with Gasteiger partial charge in [-0.3, -0.25) is 4.98 Å². The number of rotatable bonds is 11. The highest BCUT2D eigenvalue weighted by Gasteiger charge is 2.25. The van der Waals surface area contributed by atoms with Crippen molar-refractivity contribution in [3.8, 4) is 0 Å². The van der Waals surface area contributed by atoms with Crippen LogP contribution in [0.4, 0.5) is 5.69 Å². The molecule has 0 bridgehead atoms. The lowest BCUT2D eigenvalue weighted by Crippen LogP contribution is -2.30. The van der Waals surface area contributed by atoms with Crippen LogP contribution >= 0.6 is 0 Å². The minimum absolute atomic E-state index is 0.283. The lowest BCUT2D eigenvalue weighted by Gasteiger charge is -2.26.